The number of rotatable bonds is 4. The molecular weight excluding hydrogens is 388 g/mol. The van der Waals surface area contributed by atoms with Gasteiger partial charge in [-0.05, 0) is 18.2 Å². The van der Waals surface area contributed by atoms with Crippen LogP contribution >= 0.6 is 11.3 Å². The van der Waals surface area contributed by atoms with E-state index in [0.717, 1.165) is 43.8 Å². The number of hydrazone groups is 1. The average Bonchev–Trinajstić information content (AvgIpc) is 3.52. The summed E-state index contributed by atoms with van der Waals surface area (Å²) in [5.41, 5.74) is 5.84. The molecule has 29 heavy (non-hydrogen) atoms. The van der Waals surface area contributed by atoms with Gasteiger partial charge in [0.2, 0.25) is 11.9 Å². The van der Waals surface area contributed by atoms with Crippen LogP contribution in [-0.4, -0.2) is 23.0 Å². The van der Waals surface area contributed by atoms with E-state index in [4.69, 9.17) is 13.9 Å². The number of ether oxygens (including phenoxy) is 2. The number of hydrogen-bond acceptors (Lipinski definition) is 7. The largest absolute Gasteiger partial charge is 0.455 e. The van der Waals surface area contributed by atoms with Crippen molar-refractivity contribution in [3.8, 4) is 22.1 Å². The molecule has 0 radical (unpaired) electrons. The minimum Gasteiger partial charge on any atom is -0.455 e. The van der Waals surface area contributed by atoms with Crippen molar-refractivity contribution in [1.82, 2.24) is 9.97 Å². The van der Waals surface area contributed by atoms with Gasteiger partial charge in [-0.15, -0.1) is 0 Å². The third-order valence-corrected chi connectivity index (χ3v) is 5.66. The SMILES string of the molecule is C(=NNc1ncc(-c2cc3cc4c(cc3o2)OCO4)s1)c1c[nH]c2ccccc12. The fourth-order valence-corrected chi connectivity index (χ4v) is 4.07. The summed E-state index contributed by atoms with van der Waals surface area (Å²) >= 11 is 1.47. The van der Waals surface area contributed by atoms with Crippen molar-refractivity contribution < 1.29 is 13.9 Å². The summed E-state index contributed by atoms with van der Waals surface area (Å²) in [6, 6.07) is 13.9. The first-order chi connectivity index (χ1) is 14.3. The Balaban J connectivity index is 1.23. The summed E-state index contributed by atoms with van der Waals surface area (Å²) in [4.78, 5) is 8.52. The molecular formula is C21H14N4O3S. The summed E-state index contributed by atoms with van der Waals surface area (Å²) in [5, 5.41) is 7.09. The topological polar surface area (TPSA) is 84.7 Å². The second-order valence-corrected chi connectivity index (χ2v) is 7.57. The lowest BCUT2D eigenvalue weighted by atomic mass is 10.2. The predicted octanol–water partition coefficient (Wildman–Crippen LogP) is 5.21. The highest BCUT2D eigenvalue weighted by Crippen LogP contribution is 2.40. The summed E-state index contributed by atoms with van der Waals surface area (Å²) < 4.78 is 16.8. The van der Waals surface area contributed by atoms with Crippen LogP contribution in [0.2, 0.25) is 0 Å². The van der Waals surface area contributed by atoms with E-state index in [9.17, 15) is 0 Å². The Morgan fingerprint density at radius 2 is 2.03 bits per heavy atom. The number of fused-ring (bicyclic) bond motifs is 3. The Labute approximate surface area is 168 Å². The molecule has 0 amide bonds. The average molecular weight is 402 g/mol. The third-order valence-electron chi connectivity index (χ3n) is 4.75. The summed E-state index contributed by atoms with van der Waals surface area (Å²) in [6.45, 7) is 0.248. The van der Waals surface area contributed by atoms with Crippen LogP contribution in [0.1, 0.15) is 5.56 Å². The van der Waals surface area contributed by atoms with Crippen molar-refractivity contribution in [2.45, 2.75) is 0 Å². The van der Waals surface area contributed by atoms with Gasteiger partial charge in [-0.1, -0.05) is 29.5 Å². The molecule has 0 spiro atoms. The Hall–Kier alpha value is -3.78. The van der Waals surface area contributed by atoms with Crippen molar-refractivity contribution in [2.75, 3.05) is 12.2 Å². The monoisotopic (exact) mass is 402 g/mol. The maximum atomic E-state index is 5.97. The van der Waals surface area contributed by atoms with Gasteiger partial charge in [0.05, 0.1) is 17.3 Å². The lowest BCUT2D eigenvalue weighted by Gasteiger charge is -1.94. The van der Waals surface area contributed by atoms with Crippen molar-refractivity contribution in [2.24, 2.45) is 5.10 Å². The molecule has 2 aromatic carbocycles. The number of nitrogens with zero attached hydrogens (tertiary/aromatic N) is 2. The molecule has 7 nitrogen and oxygen atoms in total. The highest BCUT2D eigenvalue weighted by molar-refractivity contribution is 7.18. The predicted molar refractivity (Wildman–Crippen MR) is 113 cm³/mol. The van der Waals surface area contributed by atoms with Crippen LogP contribution in [0.15, 0.2) is 64.4 Å². The van der Waals surface area contributed by atoms with Crippen LogP contribution in [0.4, 0.5) is 5.13 Å². The second-order valence-electron chi connectivity index (χ2n) is 6.54. The van der Waals surface area contributed by atoms with E-state index >= 15 is 0 Å². The molecule has 1 aliphatic heterocycles. The Kier molecular flexibility index (Phi) is 3.57. The van der Waals surface area contributed by atoms with Crippen molar-refractivity contribution in [1.29, 1.82) is 0 Å². The van der Waals surface area contributed by atoms with Gasteiger partial charge in [-0.25, -0.2) is 4.98 Å². The minimum absolute atomic E-state index is 0.248. The Morgan fingerprint density at radius 3 is 3.00 bits per heavy atom. The number of aromatic amines is 1. The van der Waals surface area contributed by atoms with Crippen molar-refractivity contribution in [3.63, 3.8) is 0 Å². The quantitative estimate of drug-likeness (QED) is 0.318. The summed E-state index contributed by atoms with van der Waals surface area (Å²) in [5.74, 6) is 2.19. The number of thiazole rings is 1. The fraction of sp³-hybridized carbons (Fsp3) is 0.0476. The molecule has 0 saturated carbocycles. The molecule has 0 atom stereocenters. The van der Waals surface area contributed by atoms with Gasteiger partial charge >= 0.3 is 0 Å². The van der Waals surface area contributed by atoms with Gasteiger partial charge in [-0.3, -0.25) is 5.43 Å². The van der Waals surface area contributed by atoms with Gasteiger partial charge < -0.3 is 18.9 Å². The first kappa shape index (κ1) is 16.2. The van der Waals surface area contributed by atoms with Crippen LogP contribution in [0, 0.1) is 0 Å². The summed E-state index contributed by atoms with van der Waals surface area (Å²) in [7, 11) is 0. The molecule has 0 unspecified atom stereocenters. The first-order valence-corrected chi connectivity index (χ1v) is 9.80. The maximum absolute atomic E-state index is 5.97. The number of furan rings is 1. The van der Waals surface area contributed by atoms with Crippen LogP contribution in [-0.2, 0) is 0 Å². The molecule has 142 valence electrons. The number of para-hydroxylation sites is 1. The molecule has 0 saturated heterocycles. The van der Waals surface area contributed by atoms with E-state index in [1.54, 1.807) is 12.4 Å². The molecule has 3 aromatic heterocycles. The number of H-pyrrole nitrogens is 1. The first-order valence-electron chi connectivity index (χ1n) is 8.98. The molecule has 5 aromatic rings. The molecule has 1 aliphatic rings. The zero-order chi connectivity index (χ0) is 19.2. The number of hydrogen-bond donors (Lipinski definition) is 2. The lowest BCUT2D eigenvalue weighted by Crippen LogP contribution is -1.92. The van der Waals surface area contributed by atoms with Gasteiger partial charge in [0.25, 0.3) is 0 Å². The van der Waals surface area contributed by atoms with E-state index in [1.807, 2.05) is 42.6 Å². The third kappa shape index (κ3) is 2.81. The molecule has 0 fully saturated rings. The normalized spacial score (nSPS) is 13.1. The van der Waals surface area contributed by atoms with Crippen LogP contribution in [0.5, 0.6) is 11.5 Å². The molecule has 6 rings (SSSR count). The maximum Gasteiger partial charge on any atom is 0.231 e. The smallest absolute Gasteiger partial charge is 0.231 e. The van der Waals surface area contributed by atoms with E-state index < -0.39 is 0 Å². The molecule has 4 heterocycles. The standard InChI is InChI=1S/C21H14N4O3S/c1-2-4-15-14(3-1)13(8-22-15)9-24-25-21-23-10-20(29-21)19-6-12-5-17-18(27-11-26-17)7-16(12)28-19/h1-10,22H,11H2,(H,23,25). The fourth-order valence-electron chi connectivity index (χ4n) is 3.35. The number of aromatic nitrogens is 2. The number of benzene rings is 2. The zero-order valence-electron chi connectivity index (χ0n) is 15.0. The highest BCUT2D eigenvalue weighted by Gasteiger charge is 2.17. The van der Waals surface area contributed by atoms with Crippen molar-refractivity contribution >= 4 is 44.6 Å². The van der Waals surface area contributed by atoms with Crippen LogP contribution in [0.3, 0.4) is 0 Å². The van der Waals surface area contributed by atoms with E-state index in [0.29, 0.717) is 10.9 Å². The van der Waals surface area contributed by atoms with Gasteiger partial charge in [-0.2, -0.15) is 5.10 Å². The Bertz CT molecular complexity index is 1340. The van der Waals surface area contributed by atoms with E-state index in [-0.39, 0.29) is 6.79 Å². The second kappa shape index (κ2) is 6.39. The van der Waals surface area contributed by atoms with Gasteiger partial charge in [0, 0.05) is 34.1 Å². The zero-order valence-corrected chi connectivity index (χ0v) is 15.8. The molecule has 2 N–H and O–H groups in total. The highest BCUT2D eigenvalue weighted by atomic mass is 32.1. The van der Waals surface area contributed by atoms with Crippen molar-refractivity contribution in [3.05, 3.63) is 60.4 Å². The lowest BCUT2D eigenvalue weighted by molar-refractivity contribution is 0.174. The van der Waals surface area contributed by atoms with Crippen LogP contribution in [0.25, 0.3) is 32.5 Å². The van der Waals surface area contributed by atoms with E-state index in [2.05, 4.69) is 26.6 Å². The molecule has 0 aliphatic carbocycles. The molecule has 8 heteroatoms. The van der Waals surface area contributed by atoms with Gasteiger partial charge in [0.1, 0.15) is 11.3 Å². The number of anilines is 1. The van der Waals surface area contributed by atoms with Gasteiger partial charge in [0.15, 0.2) is 11.5 Å². The Morgan fingerprint density at radius 1 is 1.14 bits per heavy atom. The number of nitrogens with one attached hydrogen (secondary N) is 2. The van der Waals surface area contributed by atoms with E-state index in [1.165, 1.54) is 11.3 Å². The summed E-state index contributed by atoms with van der Waals surface area (Å²) in [6.07, 6.45) is 5.48. The molecule has 0 bridgehead atoms. The minimum atomic E-state index is 0.248. The van der Waals surface area contributed by atoms with Crippen LogP contribution < -0.4 is 14.9 Å².